The van der Waals surface area contributed by atoms with Crippen LogP contribution in [-0.4, -0.2) is 30.1 Å². The number of piperidine rings is 1. The molecule has 1 aromatic heterocycles. The van der Waals surface area contributed by atoms with Crippen LogP contribution in [0.25, 0.3) is 10.8 Å². The number of anilines is 1. The van der Waals surface area contributed by atoms with E-state index in [4.69, 9.17) is 0 Å². The quantitative estimate of drug-likeness (QED) is 0.774. The van der Waals surface area contributed by atoms with E-state index in [0.29, 0.717) is 17.9 Å². The van der Waals surface area contributed by atoms with E-state index in [-0.39, 0.29) is 6.03 Å². The Kier molecular flexibility index (Phi) is 2.60. The van der Waals surface area contributed by atoms with Crippen LogP contribution in [0.3, 0.4) is 0 Å². The Hall–Kier alpha value is -2.14. The molecular formula is C15H16N4O. The summed E-state index contributed by atoms with van der Waals surface area (Å²) in [5.74, 6) is 1.25. The first kappa shape index (κ1) is 11.7. The molecular weight excluding hydrogens is 252 g/mol. The predicted octanol–water partition coefficient (Wildman–Crippen LogP) is 1.57. The van der Waals surface area contributed by atoms with Gasteiger partial charge in [-0.2, -0.15) is 0 Å². The van der Waals surface area contributed by atoms with Crippen LogP contribution in [-0.2, 0) is 0 Å². The molecule has 1 unspecified atom stereocenters. The van der Waals surface area contributed by atoms with Crippen molar-refractivity contribution in [3.63, 3.8) is 0 Å². The second kappa shape index (κ2) is 4.45. The minimum Gasteiger partial charge on any atom is -0.334 e. The molecule has 20 heavy (non-hydrogen) atoms. The highest BCUT2D eigenvalue weighted by atomic mass is 16.2. The molecule has 0 spiro atoms. The second-order valence-electron chi connectivity index (χ2n) is 5.51. The van der Waals surface area contributed by atoms with Gasteiger partial charge in [0.25, 0.3) is 0 Å². The maximum Gasteiger partial charge on any atom is 0.319 e. The Labute approximate surface area is 116 Å². The zero-order valence-electron chi connectivity index (χ0n) is 11.0. The minimum atomic E-state index is -0.117. The van der Waals surface area contributed by atoms with Gasteiger partial charge in [0.05, 0.1) is 5.69 Å². The third-order valence-corrected chi connectivity index (χ3v) is 4.32. The number of hydrogen-bond donors (Lipinski definition) is 3. The van der Waals surface area contributed by atoms with E-state index in [1.807, 2.05) is 24.3 Å². The summed E-state index contributed by atoms with van der Waals surface area (Å²) in [5, 5.41) is 11.4. The Morgan fingerprint density at radius 1 is 1.25 bits per heavy atom. The molecule has 1 saturated carbocycles. The number of urea groups is 1. The molecule has 3 atom stereocenters. The van der Waals surface area contributed by atoms with Crippen LogP contribution in [0.4, 0.5) is 10.5 Å². The van der Waals surface area contributed by atoms with Crippen LogP contribution in [0.2, 0.25) is 0 Å². The largest absolute Gasteiger partial charge is 0.334 e. The lowest BCUT2D eigenvalue weighted by atomic mass is 10.1. The highest BCUT2D eigenvalue weighted by molar-refractivity contribution is 6.01. The maximum absolute atomic E-state index is 12.1. The number of benzene rings is 1. The van der Waals surface area contributed by atoms with Gasteiger partial charge in [0, 0.05) is 42.3 Å². The molecule has 5 nitrogen and oxygen atoms in total. The van der Waals surface area contributed by atoms with Gasteiger partial charge < -0.3 is 16.0 Å². The standard InChI is InChI=1S/C15H16N4O/c20-15(19-14-11-7-17-8-12(11)14)18-13-3-1-2-9-6-16-5-4-10(9)13/h1-6,11-12,14,17H,7-8H2,(H2,18,19,20)/t11-,12+,14?. The molecule has 2 aromatic rings. The van der Waals surface area contributed by atoms with Crippen LogP contribution < -0.4 is 16.0 Å². The molecule has 102 valence electrons. The summed E-state index contributed by atoms with van der Waals surface area (Å²) < 4.78 is 0. The fraction of sp³-hybridized carbons (Fsp3) is 0.333. The number of nitrogens with zero attached hydrogens (tertiary/aromatic N) is 1. The number of rotatable bonds is 2. The topological polar surface area (TPSA) is 66.0 Å². The molecule has 0 bridgehead atoms. The molecule has 1 aliphatic heterocycles. The number of aromatic nitrogens is 1. The lowest BCUT2D eigenvalue weighted by molar-refractivity contribution is 0.250. The van der Waals surface area contributed by atoms with E-state index in [0.717, 1.165) is 29.5 Å². The summed E-state index contributed by atoms with van der Waals surface area (Å²) >= 11 is 0. The van der Waals surface area contributed by atoms with Crippen molar-refractivity contribution in [1.82, 2.24) is 15.6 Å². The molecule has 0 radical (unpaired) electrons. The van der Waals surface area contributed by atoms with Crippen molar-refractivity contribution in [3.05, 3.63) is 36.7 Å². The Balaban J connectivity index is 1.48. The Morgan fingerprint density at radius 3 is 2.95 bits per heavy atom. The van der Waals surface area contributed by atoms with Gasteiger partial charge in [0.1, 0.15) is 0 Å². The van der Waals surface area contributed by atoms with Crippen LogP contribution in [0, 0.1) is 11.8 Å². The molecule has 5 heteroatoms. The fourth-order valence-corrected chi connectivity index (χ4v) is 3.17. The molecule has 1 aliphatic carbocycles. The summed E-state index contributed by atoms with van der Waals surface area (Å²) in [6.45, 7) is 2.05. The first-order valence-electron chi connectivity index (χ1n) is 6.94. The van der Waals surface area contributed by atoms with Gasteiger partial charge in [-0.05, 0) is 24.0 Å². The molecule has 2 fully saturated rings. The number of nitrogens with one attached hydrogen (secondary N) is 3. The van der Waals surface area contributed by atoms with Gasteiger partial charge in [-0.15, -0.1) is 0 Å². The van der Waals surface area contributed by atoms with E-state index in [1.165, 1.54) is 0 Å². The first-order chi connectivity index (χ1) is 9.83. The molecule has 1 saturated heterocycles. The normalized spacial score (nSPS) is 27.1. The third kappa shape index (κ3) is 1.91. The lowest BCUT2D eigenvalue weighted by Gasteiger charge is -2.11. The lowest BCUT2D eigenvalue weighted by Crippen LogP contribution is -2.35. The van der Waals surface area contributed by atoms with Crippen molar-refractivity contribution in [2.24, 2.45) is 11.8 Å². The number of amides is 2. The molecule has 2 amide bonds. The third-order valence-electron chi connectivity index (χ3n) is 4.32. The van der Waals surface area contributed by atoms with Crippen LogP contribution in [0.5, 0.6) is 0 Å². The van der Waals surface area contributed by atoms with E-state index in [9.17, 15) is 4.79 Å². The smallest absolute Gasteiger partial charge is 0.319 e. The number of carbonyl (C=O) groups is 1. The first-order valence-corrected chi connectivity index (χ1v) is 6.94. The number of carbonyl (C=O) groups excluding carboxylic acids is 1. The SMILES string of the molecule is O=C(Nc1cccc2cnccc12)NC1[C@H]2CNC[C@@H]12. The van der Waals surface area contributed by atoms with Crippen LogP contribution >= 0.6 is 0 Å². The molecule has 1 aromatic carbocycles. The maximum atomic E-state index is 12.1. The van der Waals surface area contributed by atoms with Crippen molar-refractivity contribution < 1.29 is 4.79 Å². The van der Waals surface area contributed by atoms with Crippen molar-refractivity contribution in [2.75, 3.05) is 18.4 Å². The van der Waals surface area contributed by atoms with E-state index in [1.54, 1.807) is 12.4 Å². The highest BCUT2D eigenvalue weighted by Gasteiger charge is 2.53. The predicted molar refractivity (Wildman–Crippen MR) is 77.5 cm³/mol. The van der Waals surface area contributed by atoms with Gasteiger partial charge >= 0.3 is 6.03 Å². The molecule has 3 N–H and O–H groups in total. The zero-order chi connectivity index (χ0) is 13.5. The average molecular weight is 268 g/mol. The summed E-state index contributed by atoms with van der Waals surface area (Å²) in [6, 6.07) is 7.97. The molecule has 4 rings (SSSR count). The average Bonchev–Trinajstić information content (AvgIpc) is 2.90. The van der Waals surface area contributed by atoms with E-state index >= 15 is 0 Å². The fourth-order valence-electron chi connectivity index (χ4n) is 3.17. The second-order valence-corrected chi connectivity index (χ2v) is 5.51. The van der Waals surface area contributed by atoms with Crippen LogP contribution in [0.1, 0.15) is 0 Å². The van der Waals surface area contributed by atoms with Crippen molar-refractivity contribution in [1.29, 1.82) is 0 Å². The van der Waals surface area contributed by atoms with Crippen molar-refractivity contribution >= 4 is 22.5 Å². The van der Waals surface area contributed by atoms with E-state index < -0.39 is 0 Å². The van der Waals surface area contributed by atoms with Gasteiger partial charge in [-0.3, -0.25) is 4.98 Å². The monoisotopic (exact) mass is 268 g/mol. The minimum absolute atomic E-state index is 0.117. The number of hydrogen-bond acceptors (Lipinski definition) is 3. The Bertz CT molecular complexity index is 656. The molecule has 2 aliphatic rings. The van der Waals surface area contributed by atoms with Gasteiger partial charge in [0.2, 0.25) is 0 Å². The number of fused-ring (bicyclic) bond motifs is 2. The molecule has 2 heterocycles. The van der Waals surface area contributed by atoms with E-state index in [2.05, 4.69) is 20.9 Å². The van der Waals surface area contributed by atoms with Gasteiger partial charge in [-0.25, -0.2) is 4.79 Å². The summed E-state index contributed by atoms with van der Waals surface area (Å²) in [4.78, 5) is 16.2. The van der Waals surface area contributed by atoms with Crippen LogP contribution in [0.15, 0.2) is 36.7 Å². The summed E-state index contributed by atoms with van der Waals surface area (Å²) in [5.41, 5.74) is 0.825. The highest BCUT2D eigenvalue weighted by Crippen LogP contribution is 2.41. The van der Waals surface area contributed by atoms with Crippen molar-refractivity contribution in [2.45, 2.75) is 6.04 Å². The number of pyridine rings is 1. The van der Waals surface area contributed by atoms with Gasteiger partial charge in [-0.1, -0.05) is 12.1 Å². The summed E-state index contributed by atoms with van der Waals surface area (Å²) in [7, 11) is 0. The van der Waals surface area contributed by atoms with Gasteiger partial charge in [0.15, 0.2) is 0 Å². The zero-order valence-corrected chi connectivity index (χ0v) is 11.0. The summed E-state index contributed by atoms with van der Waals surface area (Å²) in [6.07, 6.45) is 3.54. The Morgan fingerprint density at radius 2 is 2.10 bits per heavy atom. The van der Waals surface area contributed by atoms with Crippen molar-refractivity contribution in [3.8, 4) is 0 Å².